The number of sulfone groups is 1. The molecule has 110 valence electrons. The molecule has 6 heteroatoms. The van der Waals surface area contributed by atoms with Gasteiger partial charge in [0.2, 0.25) is 0 Å². The van der Waals surface area contributed by atoms with Crippen molar-refractivity contribution in [3.8, 4) is 0 Å². The lowest BCUT2D eigenvalue weighted by Gasteiger charge is -2.20. The minimum atomic E-state index is -3.23. The van der Waals surface area contributed by atoms with E-state index in [4.69, 9.17) is 4.74 Å². The highest BCUT2D eigenvalue weighted by Gasteiger charge is 2.24. The minimum Gasteiger partial charge on any atom is -0.376 e. The summed E-state index contributed by atoms with van der Waals surface area (Å²) in [5, 5.41) is 2.88. The van der Waals surface area contributed by atoms with E-state index in [1.54, 1.807) is 0 Å². The summed E-state index contributed by atoms with van der Waals surface area (Å²) in [6, 6.07) is 5.88. The molecule has 0 aromatic heterocycles. The molecule has 0 radical (unpaired) electrons. The number of nitrogens with one attached hydrogen (secondary N) is 1. The summed E-state index contributed by atoms with van der Waals surface area (Å²) in [5.41, 5.74) is 0.447. The van der Waals surface area contributed by atoms with E-state index in [0.717, 1.165) is 25.7 Å². The van der Waals surface area contributed by atoms with Gasteiger partial charge >= 0.3 is 0 Å². The molecular weight excluding hydrogens is 278 g/mol. The fourth-order valence-electron chi connectivity index (χ4n) is 2.23. The van der Waals surface area contributed by atoms with E-state index in [9.17, 15) is 13.2 Å². The Bertz CT molecular complexity index is 574. The van der Waals surface area contributed by atoms with Crippen molar-refractivity contribution in [1.82, 2.24) is 5.32 Å². The lowest BCUT2D eigenvalue weighted by Crippen LogP contribution is -2.40. The Labute approximate surface area is 119 Å². The molecule has 1 aliphatic rings. The lowest BCUT2D eigenvalue weighted by molar-refractivity contribution is 0.0712. The SMILES string of the molecule is C[C@H](NC(=O)c1ccc(S(C)(=O)=O)cc1)[C@H]1CCCO1. The van der Waals surface area contributed by atoms with Crippen LogP contribution in [0.3, 0.4) is 0 Å². The van der Waals surface area contributed by atoms with Crippen molar-refractivity contribution < 1.29 is 17.9 Å². The summed E-state index contributed by atoms with van der Waals surface area (Å²) in [6.45, 7) is 2.66. The van der Waals surface area contributed by atoms with E-state index >= 15 is 0 Å². The first-order valence-corrected chi connectivity index (χ1v) is 8.49. The molecule has 1 amide bonds. The van der Waals surface area contributed by atoms with Gasteiger partial charge in [-0.25, -0.2) is 8.42 Å². The topological polar surface area (TPSA) is 72.5 Å². The first-order chi connectivity index (χ1) is 9.38. The number of hydrogen-bond donors (Lipinski definition) is 1. The maximum absolute atomic E-state index is 12.1. The van der Waals surface area contributed by atoms with Crippen LogP contribution in [0.5, 0.6) is 0 Å². The van der Waals surface area contributed by atoms with Crippen molar-refractivity contribution in [2.45, 2.75) is 36.8 Å². The largest absolute Gasteiger partial charge is 0.376 e. The van der Waals surface area contributed by atoms with E-state index in [0.29, 0.717) is 5.56 Å². The Hall–Kier alpha value is -1.40. The van der Waals surface area contributed by atoms with Crippen LogP contribution >= 0.6 is 0 Å². The molecule has 0 unspecified atom stereocenters. The van der Waals surface area contributed by atoms with Gasteiger partial charge in [-0.3, -0.25) is 4.79 Å². The first-order valence-electron chi connectivity index (χ1n) is 6.60. The third kappa shape index (κ3) is 3.58. The van der Waals surface area contributed by atoms with Gasteiger partial charge in [-0.15, -0.1) is 0 Å². The third-order valence-corrected chi connectivity index (χ3v) is 4.55. The molecule has 2 rings (SSSR count). The maximum atomic E-state index is 12.1. The standard InChI is InChI=1S/C14H19NO4S/c1-10(13-4-3-9-19-13)15-14(16)11-5-7-12(8-6-11)20(2,17)18/h5-8,10,13H,3-4,9H2,1-2H3,(H,15,16)/t10-,13+/m0/s1. The van der Waals surface area contributed by atoms with Crippen LogP contribution in [-0.2, 0) is 14.6 Å². The van der Waals surface area contributed by atoms with Crippen LogP contribution in [0.1, 0.15) is 30.1 Å². The van der Waals surface area contributed by atoms with Crippen LogP contribution in [0, 0.1) is 0 Å². The zero-order valence-electron chi connectivity index (χ0n) is 11.6. The number of benzene rings is 1. The smallest absolute Gasteiger partial charge is 0.251 e. The van der Waals surface area contributed by atoms with Crippen molar-refractivity contribution in [2.75, 3.05) is 12.9 Å². The first kappa shape index (κ1) is 15.0. The summed E-state index contributed by atoms with van der Waals surface area (Å²) in [6.07, 6.45) is 3.18. The minimum absolute atomic E-state index is 0.0559. The van der Waals surface area contributed by atoms with Crippen LogP contribution < -0.4 is 5.32 Å². The van der Waals surface area contributed by atoms with E-state index in [1.807, 2.05) is 6.92 Å². The van der Waals surface area contributed by atoms with Crippen LogP contribution in [-0.4, -0.2) is 39.3 Å². The predicted octanol–water partition coefficient (Wildman–Crippen LogP) is 1.39. The number of amides is 1. The van der Waals surface area contributed by atoms with Crippen molar-refractivity contribution in [1.29, 1.82) is 0 Å². The molecule has 0 saturated carbocycles. The van der Waals surface area contributed by atoms with Gasteiger partial charge < -0.3 is 10.1 Å². The zero-order valence-corrected chi connectivity index (χ0v) is 12.4. The number of ether oxygens (including phenoxy) is 1. The molecule has 1 aromatic carbocycles. The highest BCUT2D eigenvalue weighted by Crippen LogP contribution is 2.16. The monoisotopic (exact) mass is 297 g/mol. The van der Waals surface area contributed by atoms with Crippen LogP contribution in [0.4, 0.5) is 0 Å². The van der Waals surface area contributed by atoms with E-state index in [1.165, 1.54) is 24.3 Å². The fraction of sp³-hybridized carbons (Fsp3) is 0.500. The van der Waals surface area contributed by atoms with Gasteiger partial charge in [0.15, 0.2) is 9.84 Å². The Morgan fingerprint density at radius 1 is 1.35 bits per heavy atom. The van der Waals surface area contributed by atoms with E-state index < -0.39 is 9.84 Å². The van der Waals surface area contributed by atoms with Crippen molar-refractivity contribution in [2.24, 2.45) is 0 Å². The Morgan fingerprint density at radius 3 is 2.50 bits per heavy atom. The average Bonchev–Trinajstić information content (AvgIpc) is 2.91. The lowest BCUT2D eigenvalue weighted by atomic mass is 10.1. The van der Waals surface area contributed by atoms with Gasteiger partial charge in [-0.2, -0.15) is 0 Å². The molecule has 1 N–H and O–H groups in total. The molecule has 1 heterocycles. The van der Waals surface area contributed by atoms with Crippen molar-refractivity contribution in [3.63, 3.8) is 0 Å². The highest BCUT2D eigenvalue weighted by atomic mass is 32.2. The second-order valence-electron chi connectivity index (χ2n) is 5.11. The summed E-state index contributed by atoms with van der Waals surface area (Å²) >= 11 is 0. The van der Waals surface area contributed by atoms with Gasteiger partial charge in [-0.1, -0.05) is 0 Å². The number of rotatable bonds is 4. The second-order valence-corrected chi connectivity index (χ2v) is 7.13. The van der Waals surface area contributed by atoms with E-state index in [-0.39, 0.29) is 22.9 Å². The van der Waals surface area contributed by atoms with Crippen LogP contribution in [0.2, 0.25) is 0 Å². The van der Waals surface area contributed by atoms with Crippen molar-refractivity contribution >= 4 is 15.7 Å². The summed E-state index contributed by atoms with van der Waals surface area (Å²) < 4.78 is 28.2. The molecule has 5 nitrogen and oxygen atoms in total. The van der Waals surface area contributed by atoms with Crippen LogP contribution in [0.25, 0.3) is 0 Å². The van der Waals surface area contributed by atoms with Gasteiger partial charge in [-0.05, 0) is 44.0 Å². The molecule has 0 aliphatic carbocycles. The fourth-order valence-corrected chi connectivity index (χ4v) is 2.86. The normalized spacial score (nSPS) is 20.6. The predicted molar refractivity (Wildman–Crippen MR) is 75.5 cm³/mol. The Morgan fingerprint density at radius 2 is 2.00 bits per heavy atom. The van der Waals surface area contributed by atoms with Gasteiger partial charge in [0.25, 0.3) is 5.91 Å². The number of carbonyl (C=O) groups excluding carboxylic acids is 1. The molecule has 1 saturated heterocycles. The molecular formula is C14H19NO4S. The summed E-state index contributed by atoms with van der Waals surface area (Å²) in [7, 11) is -3.23. The molecule has 0 bridgehead atoms. The van der Waals surface area contributed by atoms with Crippen molar-refractivity contribution in [3.05, 3.63) is 29.8 Å². The van der Waals surface area contributed by atoms with E-state index in [2.05, 4.69) is 5.32 Å². The Kier molecular flexibility index (Phi) is 4.45. The Balaban J connectivity index is 2.02. The quantitative estimate of drug-likeness (QED) is 0.911. The number of carbonyl (C=O) groups is 1. The van der Waals surface area contributed by atoms with Gasteiger partial charge in [0, 0.05) is 18.4 Å². The maximum Gasteiger partial charge on any atom is 0.251 e. The van der Waals surface area contributed by atoms with Gasteiger partial charge in [0.1, 0.15) is 0 Å². The zero-order chi connectivity index (χ0) is 14.8. The number of hydrogen-bond acceptors (Lipinski definition) is 4. The molecule has 20 heavy (non-hydrogen) atoms. The molecule has 1 aliphatic heterocycles. The highest BCUT2D eigenvalue weighted by molar-refractivity contribution is 7.90. The average molecular weight is 297 g/mol. The molecule has 1 fully saturated rings. The molecule has 0 spiro atoms. The molecule has 2 atom stereocenters. The summed E-state index contributed by atoms with van der Waals surface area (Å²) in [4.78, 5) is 12.3. The summed E-state index contributed by atoms with van der Waals surface area (Å²) in [5.74, 6) is -0.215. The van der Waals surface area contributed by atoms with Gasteiger partial charge in [0.05, 0.1) is 17.0 Å². The second kappa shape index (κ2) is 5.93. The third-order valence-electron chi connectivity index (χ3n) is 3.43. The molecule has 1 aromatic rings. The van der Waals surface area contributed by atoms with Crippen LogP contribution in [0.15, 0.2) is 29.2 Å².